The minimum Gasteiger partial charge on any atom is -0.315 e. The number of likely N-dealkylation sites (N-methyl/N-ethyl adjacent to an activating group) is 1. The molecule has 1 aliphatic rings. The van der Waals surface area contributed by atoms with Crippen LogP contribution in [0.3, 0.4) is 0 Å². The van der Waals surface area contributed by atoms with Gasteiger partial charge in [-0.05, 0) is 61.0 Å². The van der Waals surface area contributed by atoms with Gasteiger partial charge in [-0.3, -0.25) is 0 Å². The van der Waals surface area contributed by atoms with Crippen LogP contribution in [0.5, 0.6) is 0 Å². The molecule has 1 saturated heterocycles. The highest BCUT2D eigenvalue weighted by atomic mass is 79.9. The van der Waals surface area contributed by atoms with Gasteiger partial charge in [-0.1, -0.05) is 0 Å². The Morgan fingerprint density at radius 2 is 2.44 bits per heavy atom. The molecule has 0 saturated carbocycles. The fourth-order valence-electron chi connectivity index (χ4n) is 2.36. The largest absolute Gasteiger partial charge is 0.315 e. The highest BCUT2D eigenvalue weighted by Crippen LogP contribution is 2.41. The smallest absolute Gasteiger partial charge is 0.0288 e. The third-order valence-electron chi connectivity index (χ3n) is 3.36. The van der Waals surface area contributed by atoms with E-state index in [1.165, 1.54) is 27.9 Å². The Morgan fingerprint density at radius 1 is 1.62 bits per heavy atom. The zero-order valence-electron chi connectivity index (χ0n) is 9.75. The number of hydrogen-bond acceptors (Lipinski definition) is 3. The molecular formula is C12H18BrNS2. The van der Waals surface area contributed by atoms with Crippen molar-refractivity contribution in [3.8, 4) is 0 Å². The second-order valence-electron chi connectivity index (χ2n) is 4.54. The lowest BCUT2D eigenvalue weighted by Gasteiger charge is -2.33. The number of halogens is 1. The molecule has 1 aromatic rings. The Bertz CT molecular complexity index is 345. The Hall–Kier alpha value is 0.490. The molecule has 2 rings (SSSR count). The average molecular weight is 320 g/mol. The molecule has 1 aromatic heterocycles. The van der Waals surface area contributed by atoms with E-state index in [-0.39, 0.29) is 0 Å². The summed E-state index contributed by atoms with van der Waals surface area (Å²) in [5.74, 6) is 1.32. The van der Waals surface area contributed by atoms with Crippen LogP contribution in [0.4, 0.5) is 0 Å². The molecule has 1 fully saturated rings. The van der Waals surface area contributed by atoms with Crippen LogP contribution in [0, 0.1) is 0 Å². The van der Waals surface area contributed by atoms with Crippen LogP contribution >= 0.6 is 39.0 Å². The molecule has 1 aliphatic heterocycles. The maximum absolute atomic E-state index is 3.53. The van der Waals surface area contributed by atoms with Crippen molar-refractivity contribution in [2.45, 2.75) is 37.0 Å². The van der Waals surface area contributed by atoms with Crippen LogP contribution in [0.15, 0.2) is 15.9 Å². The second-order valence-corrected chi connectivity index (χ2v) is 8.08. The van der Waals surface area contributed by atoms with Gasteiger partial charge in [-0.15, -0.1) is 11.3 Å². The van der Waals surface area contributed by atoms with E-state index >= 15 is 0 Å². The van der Waals surface area contributed by atoms with Crippen molar-refractivity contribution in [3.63, 3.8) is 0 Å². The molecule has 0 aromatic carbocycles. The summed E-state index contributed by atoms with van der Waals surface area (Å²) in [4.78, 5) is 1.47. The fourth-order valence-corrected chi connectivity index (χ4v) is 5.30. The summed E-state index contributed by atoms with van der Waals surface area (Å²) in [5, 5.41) is 5.69. The Kier molecular flexibility index (Phi) is 4.38. The molecule has 0 aliphatic carbocycles. The van der Waals surface area contributed by atoms with E-state index in [0.717, 1.165) is 6.42 Å². The van der Waals surface area contributed by atoms with E-state index in [9.17, 15) is 0 Å². The third-order valence-corrected chi connectivity index (χ3v) is 6.72. The van der Waals surface area contributed by atoms with Gasteiger partial charge in [0.05, 0.1) is 0 Å². The van der Waals surface area contributed by atoms with Crippen molar-refractivity contribution >= 4 is 39.0 Å². The van der Waals surface area contributed by atoms with Gasteiger partial charge in [0.2, 0.25) is 0 Å². The maximum atomic E-state index is 3.53. The number of thiophene rings is 1. The molecule has 0 radical (unpaired) electrons. The number of thioether (sulfide) groups is 1. The van der Waals surface area contributed by atoms with E-state index in [0.29, 0.717) is 10.8 Å². The van der Waals surface area contributed by atoms with Gasteiger partial charge >= 0.3 is 0 Å². The highest BCUT2D eigenvalue weighted by molar-refractivity contribution is 9.10. The molecule has 90 valence electrons. The fraction of sp³-hybridized carbons (Fsp3) is 0.667. The molecule has 4 heteroatoms. The van der Waals surface area contributed by atoms with Crippen molar-refractivity contribution in [2.75, 3.05) is 12.8 Å². The van der Waals surface area contributed by atoms with E-state index in [4.69, 9.17) is 0 Å². The lowest BCUT2D eigenvalue weighted by molar-refractivity contribution is 0.426. The molecule has 2 unspecified atom stereocenters. The summed E-state index contributed by atoms with van der Waals surface area (Å²) < 4.78 is 1.64. The number of hydrogen-bond donors (Lipinski definition) is 1. The van der Waals surface area contributed by atoms with Gasteiger partial charge in [0.25, 0.3) is 0 Å². The SMILES string of the molecule is CNC(Cc1cc(Br)cs1)C1(C)CCCS1. The van der Waals surface area contributed by atoms with Gasteiger partial charge in [-0.25, -0.2) is 0 Å². The third kappa shape index (κ3) is 2.84. The molecule has 2 heterocycles. The van der Waals surface area contributed by atoms with Crippen LogP contribution in [0.25, 0.3) is 0 Å². The summed E-state index contributed by atoms with van der Waals surface area (Å²) in [6, 6.07) is 2.84. The molecular weight excluding hydrogens is 302 g/mol. The Labute approximate surface area is 115 Å². The van der Waals surface area contributed by atoms with Crippen molar-refractivity contribution in [1.29, 1.82) is 0 Å². The zero-order valence-corrected chi connectivity index (χ0v) is 13.0. The van der Waals surface area contributed by atoms with E-state index in [1.807, 2.05) is 11.3 Å². The van der Waals surface area contributed by atoms with Gasteiger partial charge in [0.1, 0.15) is 0 Å². The van der Waals surface area contributed by atoms with Crippen LogP contribution in [-0.2, 0) is 6.42 Å². The predicted octanol–water partition coefficient (Wildman–Crippen LogP) is 3.93. The summed E-state index contributed by atoms with van der Waals surface area (Å²) in [5.41, 5.74) is 0. The standard InChI is InChI=1S/C12H18BrNS2/c1-12(4-3-5-16-12)11(14-2)7-10-6-9(13)8-15-10/h6,8,11,14H,3-5,7H2,1-2H3. The minimum atomic E-state index is 0.422. The van der Waals surface area contributed by atoms with E-state index in [1.54, 1.807) is 0 Å². The topological polar surface area (TPSA) is 12.0 Å². The van der Waals surface area contributed by atoms with Gasteiger partial charge in [0, 0.05) is 25.5 Å². The first kappa shape index (κ1) is 12.9. The first-order chi connectivity index (χ1) is 7.64. The normalized spacial score (nSPS) is 27.2. The zero-order chi connectivity index (χ0) is 11.6. The lowest BCUT2D eigenvalue weighted by atomic mass is 9.93. The van der Waals surface area contributed by atoms with E-state index < -0.39 is 0 Å². The molecule has 1 N–H and O–H groups in total. The second kappa shape index (κ2) is 5.42. The highest BCUT2D eigenvalue weighted by Gasteiger charge is 2.37. The number of nitrogens with one attached hydrogen (secondary N) is 1. The monoisotopic (exact) mass is 319 g/mol. The quantitative estimate of drug-likeness (QED) is 0.902. The summed E-state index contributed by atoms with van der Waals surface area (Å²) >= 11 is 7.51. The van der Waals surface area contributed by atoms with E-state index in [2.05, 4.69) is 58.4 Å². The molecule has 2 atom stereocenters. The number of rotatable bonds is 4. The Balaban J connectivity index is 2.05. The average Bonchev–Trinajstić information content (AvgIpc) is 2.85. The summed E-state index contributed by atoms with van der Waals surface area (Å²) in [6.45, 7) is 2.41. The van der Waals surface area contributed by atoms with Gasteiger partial charge in [-0.2, -0.15) is 11.8 Å². The van der Waals surface area contributed by atoms with Crippen LogP contribution in [0.1, 0.15) is 24.6 Å². The van der Waals surface area contributed by atoms with Gasteiger partial charge < -0.3 is 5.32 Å². The Morgan fingerprint density at radius 3 is 2.94 bits per heavy atom. The van der Waals surface area contributed by atoms with Gasteiger partial charge in [0.15, 0.2) is 0 Å². The summed E-state index contributed by atoms with van der Waals surface area (Å²) in [7, 11) is 2.09. The van der Waals surface area contributed by atoms with Crippen molar-refractivity contribution in [3.05, 3.63) is 20.8 Å². The lowest BCUT2D eigenvalue weighted by Crippen LogP contribution is -2.44. The van der Waals surface area contributed by atoms with Crippen LogP contribution in [-0.4, -0.2) is 23.6 Å². The predicted molar refractivity (Wildman–Crippen MR) is 78.7 cm³/mol. The minimum absolute atomic E-state index is 0.422. The van der Waals surface area contributed by atoms with Crippen molar-refractivity contribution in [1.82, 2.24) is 5.32 Å². The van der Waals surface area contributed by atoms with Crippen LogP contribution < -0.4 is 5.32 Å². The molecule has 0 spiro atoms. The molecule has 0 amide bonds. The van der Waals surface area contributed by atoms with Crippen LogP contribution in [0.2, 0.25) is 0 Å². The van der Waals surface area contributed by atoms with Crippen molar-refractivity contribution in [2.24, 2.45) is 0 Å². The summed E-state index contributed by atoms with van der Waals surface area (Å²) in [6.07, 6.45) is 3.86. The molecule has 0 bridgehead atoms. The molecule has 1 nitrogen and oxygen atoms in total. The maximum Gasteiger partial charge on any atom is 0.0288 e. The first-order valence-corrected chi connectivity index (χ1v) is 8.34. The van der Waals surface area contributed by atoms with Crippen molar-refractivity contribution < 1.29 is 0 Å². The molecule has 16 heavy (non-hydrogen) atoms. The first-order valence-electron chi connectivity index (χ1n) is 5.68.